The van der Waals surface area contributed by atoms with Crippen LogP contribution >= 0.6 is 0 Å². The second-order valence-corrected chi connectivity index (χ2v) is 9.01. The third-order valence-electron chi connectivity index (χ3n) is 5.88. The molecule has 1 aliphatic heterocycles. The van der Waals surface area contributed by atoms with Gasteiger partial charge in [-0.25, -0.2) is 0 Å². The molecule has 6 heteroatoms. The van der Waals surface area contributed by atoms with Gasteiger partial charge in [0.15, 0.2) is 0 Å². The highest BCUT2D eigenvalue weighted by Crippen LogP contribution is 2.43. The highest BCUT2D eigenvalue weighted by molar-refractivity contribution is 6.51. The van der Waals surface area contributed by atoms with Crippen LogP contribution in [0.25, 0.3) is 5.76 Å². The molecule has 1 aliphatic rings. The Kier molecular flexibility index (Phi) is 6.92. The van der Waals surface area contributed by atoms with Gasteiger partial charge < -0.3 is 14.6 Å². The molecule has 1 amide bonds. The lowest BCUT2D eigenvalue weighted by molar-refractivity contribution is -0.132. The van der Waals surface area contributed by atoms with Crippen LogP contribution in [-0.4, -0.2) is 30.5 Å². The van der Waals surface area contributed by atoms with E-state index < -0.39 is 17.7 Å². The van der Waals surface area contributed by atoms with Gasteiger partial charge in [-0.2, -0.15) is 0 Å². The lowest BCUT2D eigenvalue weighted by Crippen LogP contribution is -2.29. The van der Waals surface area contributed by atoms with E-state index in [-0.39, 0.29) is 11.3 Å². The topological polar surface area (TPSA) is 76.1 Å². The molecule has 0 radical (unpaired) electrons. The van der Waals surface area contributed by atoms with Crippen molar-refractivity contribution in [3.8, 4) is 11.5 Å². The Labute approximate surface area is 205 Å². The van der Waals surface area contributed by atoms with Crippen molar-refractivity contribution in [2.24, 2.45) is 5.92 Å². The summed E-state index contributed by atoms with van der Waals surface area (Å²) in [6.45, 7) is 6.65. The maximum absolute atomic E-state index is 13.3. The van der Waals surface area contributed by atoms with Gasteiger partial charge in [-0.3, -0.25) is 14.5 Å². The van der Waals surface area contributed by atoms with E-state index in [4.69, 9.17) is 9.47 Å². The minimum absolute atomic E-state index is 0.0275. The number of nitrogens with zero attached hydrogens (tertiary/aromatic N) is 1. The summed E-state index contributed by atoms with van der Waals surface area (Å²) < 4.78 is 11.1. The maximum atomic E-state index is 13.3. The highest BCUT2D eigenvalue weighted by Gasteiger charge is 2.47. The van der Waals surface area contributed by atoms with E-state index >= 15 is 0 Å². The number of ketones is 1. The Morgan fingerprint density at radius 1 is 0.971 bits per heavy atom. The summed E-state index contributed by atoms with van der Waals surface area (Å²) >= 11 is 0. The van der Waals surface area contributed by atoms with E-state index in [1.807, 2.05) is 25.1 Å². The number of Topliss-reactive ketones (excluding diaryl/α,β-unsaturated/α-hetero) is 1. The SMILES string of the molecule is COc1cccc(C2/C(=C(/O)c3ccc(OCC(C)C)cc3)C(=O)C(=O)N2c2ccc(C)cc2)c1. The van der Waals surface area contributed by atoms with Crippen LogP contribution < -0.4 is 14.4 Å². The number of rotatable bonds is 7. The molecule has 0 saturated carbocycles. The van der Waals surface area contributed by atoms with Crippen molar-refractivity contribution in [2.75, 3.05) is 18.6 Å². The quantitative estimate of drug-likeness (QED) is 0.273. The van der Waals surface area contributed by atoms with Crippen LogP contribution in [0.1, 0.15) is 36.6 Å². The number of carbonyl (C=O) groups excluding carboxylic acids is 2. The Balaban J connectivity index is 1.83. The van der Waals surface area contributed by atoms with Crippen LogP contribution in [0.3, 0.4) is 0 Å². The first-order valence-electron chi connectivity index (χ1n) is 11.5. The molecule has 35 heavy (non-hydrogen) atoms. The van der Waals surface area contributed by atoms with E-state index in [2.05, 4.69) is 13.8 Å². The third kappa shape index (κ3) is 4.92. The molecule has 0 bridgehead atoms. The van der Waals surface area contributed by atoms with Gasteiger partial charge in [0.25, 0.3) is 11.7 Å². The monoisotopic (exact) mass is 471 g/mol. The number of hydrogen-bond acceptors (Lipinski definition) is 5. The number of aryl methyl sites for hydroxylation is 1. The van der Waals surface area contributed by atoms with Gasteiger partial charge in [-0.1, -0.05) is 43.7 Å². The van der Waals surface area contributed by atoms with Gasteiger partial charge in [0.1, 0.15) is 17.3 Å². The summed E-state index contributed by atoms with van der Waals surface area (Å²) in [4.78, 5) is 28.0. The van der Waals surface area contributed by atoms with Gasteiger partial charge in [-0.05, 0) is 66.9 Å². The number of ether oxygens (including phenoxy) is 2. The van der Waals surface area contributed by atoms with E-state index in [0.717, 1.165) is 5.56 Å². The normalized spacial score (nSPS) is 17.2. The Hall–Kier alpha value is -4.06. The Bertz CT molecular complexity index is 1260. The van der Waals surface area contributed by atoms with E-state index in [9.17, 15) is 14.7 Å². The minimum Gasteiger partial charge on any atom is -0.507 e. The van der Waals surface area contributed by atoms with E-state index in [1.54, 1.807) is 61.7 Å². The van der Waals surface area contributed by atoms with Gasteiger partial charge in [0, 0.05) is 11.3 Å². The average Bonchev–Trinajstić information content (AvgIpc) is 3.13. The predicted octanol–water partition coefficient (Wildman–Crippen LogP) is 5.66. The molecule has 180 valence electrons. The number of carbonyl (C=O) groups is 2. The lowest BCUT2D eigenvalue weighted by atomic mass is 9.95. The summed E-state index contributed by atoms with van der Waals surface area (Å²) in [7, 11) is 1.55. The summed E-state index contributed by atoms with van der Waals surface area (Å²) in [6.07, 6.45) is 0. The van der Waals surface area contributed by atoms with Crippen molar-refractivity contribution in [2.45, 2.75) is 26.8 Å². The number of aliphatic hydroxyl groups is 1. The summed E-state index contributed by atoms with van der Waals surface area (Å²) in [5, 5.41) is 11.3. The Morgan fingerprint density at radius 2 is 1.66 bits per heavy atom. The lowest BCUT2D eigenvalue weighted by Gasteiger charge is -2.26. The van der Waals surface area contributed by atoms with Crippen molar-refractivity contribution in [1.82, 2.24) is 0 Å². The van der Waals surface area contributed by atoms with Crippen molar-refractivity contribution in [3.63, 3.8) is 0 Å². The molecule has 3 aromatic carbocycles. The van der Waals surface area contributed by atoms with Crippen LogP contribution in [0.4, 0.5) is 5.69 Å². The fourth-order valence-corrected chi connectivity index (χ4v) is 4.06. The standard InChI is InChI=1S/C29H29NO5/c1-18(2)17-35-23-14-10-20(11-15-23)27(31)25-26(21-6-5-7-24(16-21)34-4)30(29(33)28(25)32)22-12-8-19(3)9-13-22/h5-16,18,26,31H,17H2,1-4H3/b27-25-. The van der Waals surface area contributed by atoms with Crippen molar-refractivity contribution >= 4 is 23.1 Å². The van der Waals surface area contributed by atoms with Gasteiger partial charge in [0.2, 0.25) is 0 Å². The summed E-state index contributed by atoms with van der Waals surface area (Å²) in [5.41, 5.74) is 2.71. The number of methoxy groups -OCH3 is 1. The molecular formula is C29H29NO5. The molecule has 1 N–H and O–H groups in total. The molecule has 1 saturated heterocycles. The third-order valence-corrected chi connectivity index (χ3v) is 5.88. The second-order valence-electron chi connectivity index (χ2n) is 9.01. The van der Waals surface area contributed by atoms with Crippen LogP contribution in [0.15, 0.2) is 78.4 Å². The summed E-state index contributed by atoms with van der Waals surface area (Å²) in [5.74, 6) is -0.0376. The van der Waals surface area contributed by atoms with Crippen molar-refractivity contribution in [1.29, 1.82) is 0 Å². The fourth-order valence-electron chi connectivity index (χ4n) is 4.06. The van der Waals surface area contributed by atoms with Crippen molar-refractivity contribution < 1.29 is 24.2 Å². The zero-order valence-corrected chi connectivity index (χ0v) is 20.3. The first kappa shape index (κ1) is 24.1. The predicted molar refractivity (Wildman–Crippen MR) is 136 cm³/mol. The van der Waals surface area contributed by atoms with E-state index in [0.29, 0.717) is 40.8 Å². The number of anilines is 1. The fraction of sp³-hybridized carbons (Fsp3) is 0.241. The first-order chi connectivity index (χ1) is 16.8. The molecule has 6 nitrogen and oxygen atoms in total. The first-order valence-corrected chi connectivity index (χ1v) is 11.5. The molecule has 1 fully saturated rings. The van der Waals surface area contributed by atoms with Crippen LogP contribution in [-0.2, 0) is 9.59 Å². The number of benzene rings is 3. The molecule has 1 heterocycles. The molecule has 4 rings (SSSR count). The van der Waals surface area contributed by atoms with Crippen molar-refractivity contribution in [3.05, 3.63) is 95.1 Å². The van der Waals surface area contributed by atoms with Crippen LogP contribution in [0.5, 0.6) is 11.5 Å². The molecule has 1 atom stereocenters. The Morgan fingerprint density at radius 3 is 2.29 bits per heavy atom. The van der Waals surface area contributed by atoms with Gasteiger partial charge >= 0.3 is 0 Å². The zero-order chi connectivity index (χ0) is 25.1. The average molecular weight is 472 g/mol. The zero-order valence-electron chi connectivity index (χ0n) is 20.3. The number of amides is 1. The molecule has 1 unspecified atom stereocenters. The minimum atomic E-state index is -0.815. The largest absolute Gasteiger partial charge is 0.507 e. The summed E-state index contributed by atoms with van der Waals surface area (Å²) in [6, 6.07) is 20.6. The highest BCUT2D eigenvalue weighted by atomic mass is 16.5. The molecule has 0 aromatic heterocycles. The molecule has 0 spiro atoms. The van der Waals surface area contributed by atoms with Gasteiger partial charge in [-0.15, -0.1) is 0 Å². The second kappa shape index (κ2) is 10.1. The van der Waals surface area contributed by atoms with Crippen LogP contribution in [0.2, 0.25) is 0 Å². The molecular weight excluding hydrogens is 442 g/mol. The van der Waals surface area contributed by atoms with Crippen LogP contribution in [0, 0.1) is 12.8 Å². The number of hydrogen-bond donors (Lipinski definition) is 1. The smallest absolute Gasteiger partial charge is 0.300 e. The van der Waals surface area contributed by atoms with Gasteiger partial charge in [0.05, 0.1) is 25.3 Å². The number of aliphatic hydroxyl groups excluding tert-OH is 1. The van der Waals surface area contributed by atoms with E-state index in [1.165, 1.54) is 4.90 Å². The molecule has 3 aromatic rings. The molecule has 0 aliphatic carbocycles. The maximum Gasteiger partial charge on any atom is 0.300 e.